The average molecular weight is 287 g/mol. The minimum absolute atomic E-state index is 0.0975. The quantitative estimate of drug-likeness (QED) is 0.899. The predicted molar refractivity (Wildman–Crippen MR) is 84.8 cm³/mol. The Balaban J connectivity index is 1.77. The minimum atomic E-state index is 0.0975. The molecular formula is C17H25N3O. The summed E-state index contributed by atoms with van der Waals surface area (Å²) in [5.41, 5.74) is 7.70. The Morgan fingerprint density at radius 2 is 2.00 bits per heavy atom. The van der Waals surface area contributed by atoms with Crippen LogP contribution in [-0.4, -0.2) is 49.8 Å². The molecular weight excluding hydrogens is 262 g/mol. The largest absolute Gasteiger partial charge is 0.491 e. The van der Waals surface area contributed by atoms with E-state index in [0.717, 1.165) is 44.3 Å². The molecule has 0 radical (unpaired) electrons. The first-order chi connectivity index (χ1) is 10.3. The van der Waals surface area contributed by atoms with Gasteiger partial charge in [-0.2, -0.15) is 0 Å². The van der Waals surface area contributed by atoms with Gasteiger partial charge in [0, 0.05) is 19.6 Å². The number of anilines is 1. The number of rotatable bonds is 2. The van der Waals surface area contributed by atoms with Crippen molar-refractivity contribution in [2.45, 2.75) is 24.8 Å². The topological polar surface area (TPSA) is 41.7 Å². The molecule has 5 rings (SSSR count). The van der Waals surface area contributed by atoms with Gasteiger partial charge < -0.3 is 20.3 Å². The molecule has 2 bridgehead atoms. The lowest BCUT2D eigenvalue weighted by molar-refractivity contribution is 0.0281. The standard InChI is InChI=1S/C17H25N3O/c18-12-17(13-19-9-6-14(17)7-10-19)20-8-3-11-21-16-5-2-1-4-15(16)20/h1-2,4-5,14H,3,6-13,18H2. The van der Waals surface area contributed by atoms with E-state index in [-0.39, 0.29) is 5.54 Å². The number of hydrogen-bond acceptors (Lipinski definition) is 4. The Kier molecular flexibility index (Phi) is 3.31. The summed E-state index contributed by atoms with van der Waals surface area (Å²) in [4.78, 5) is 5.19. The zero-order valence-electron chi connectivity index (χ0n) is 12.6. The lowest BCUT2D eigenvalue weighted by atomic mass is 9.71. The molecule has 1 atom stereocenters. The maximum absolute atomic E-state index is 6.35. The Hall–Kier alpha value is -1.26. The number of hydrogen-bond donors (Lipinski definition) is 1. The first-order valence-corrected chi connectivity index (χ1v) is 8.25. The first kappa shape index (κ1) is 13.4. The lowest BCUT2D eigenvalue weighted by Gasteiger charge is -2.58. The van der Waals surface area contributed by atoms with Crippen LogP contribution in [0.1, 0.15) is 19.3 Å². The minimum Gasteiger partial charge on any atom is -0.491 e. The number of nitrogens with zero attached hydrogens (tertiary/aromatic N) is 2. The van der Waals surface area contributed by atoms with Crippen LogP contribution in [0.15, 0.2) is 24.3 Å². The molecule has 4 aliphatic heterocycles. The summed E-state index contributed by atoms with van der Waals surface area (Å²) in [6.07, 6.45) is 3.65. The summed E-state index contributed by atoms with van der Waals surface area (Å²) in [5.74, 6) is 1.75. The SMILES string of the molecule is NCC1(N2CCCOc3ccccc32)CN2CCC1CC2. The molecule has 0 aromatic heterocycles. The second kappa shape index (κ2) is 5.18. The van der Waals surface area contributed by atoms with Gasteiger partial charge in [-0.3, -0.25) is 0 Å². The van der Waals surface area contributed by atoms with Crippen molar-refractivity contribution in [3.05, 3.63) is 24.3 Å². The molecule has 21 heavy (non-hydrogen) atoms. The van der Waals surface area contributed by atoms with Crippen molar-refractivity contribution < 1.29 is 4.74 Å². The second-order valence-corrected chi connectivity index (χ2v) is 6.68. The smallest absolute Gasteiger partial charge is 0.142 e. The van der Waals surface area contributed by atoms with Gasteiger partial charge in [-0.15, -0.1) is 0 Å². The molecule has 114 valence electrons. The van der Waals surface area contributed by atoms with Crippen LogP contribution in [0.4, 0.5) is 5.69 Å². The molecule has 0 saturated carbocycles. The van der Waals surface area contributed by atoms with Crippen LogP contribution < -0.4 is 15.4 Å². The van der Waals surface area contributed by atoms with E-state index in [1.807, 2.05) is 0 Å². The van der Waals surface area contributed by atoms with Gasteiger partial charge in [-0.25, -0.2) is 0 Å². The monoisotopic (exact) mass is 287 g/mol. The Morgan fingerprint density at radius 1 is 1.19 bits per heavy atom. The van der Waals surface area contributed by atoms with E-state index in [1.165, 1.54) is 31.6 Å². The van der Waals surface area contributed by atoms with Crippen molar-refractivity contribution in [2.24, 2.45) is 11.7 Å². The highest BCUT2D eigenvalue weighted by atomic mass is 16.5. The third-order valence-electron chi connectivity index (χ3n) is 5.68. The van der Waals surface area contributed by atoms with E-state index < -0.39 is 0 Å². The van der Waals surface area contributed by atoms with E-state index in [0.29, 0.717) is 0 Å². The van der Waals surface area contributed by atoms with Crippen LogP contribution in [0.3, 0.4) is 0 Å². The fourth-order valence-corrected chi connectivity index (χ4v) is 4.58. The van der Waals surface area contributed by atoms with Crippen LogP contribution in [-0.2, 0) is 0 Å². The number of nitrogens with two attached hydrogens (primary N) is 1. The zero-order valence-corrected chi connectivity index (χ0v) is 12.6. The van der Waals surface area contributed by atoms with E-state index in [4.69, 9.17) is 10.5 Å². The van der Waals surface area contributed by atoms with E-state index in [9.17, 15) is 0 Å². The van der Waals surface area contributed by atoms with Gasteiger partial charge >= 0.3 is 0 Å². The van der Waals surface area contributed by atoms with Gasteiger partial charge in [-0.05, 0) is 50.4 Å². The first-order valence-electron chi connectivity index (χ1n) is 8.25. The number of piperidine rings is 3. The van der Waals surface area contributed by atoms with Gasteiger partial charge in [0.1, 0.15) is 5.75 Å². The van der Waals surface area contributed by atoms with Crippen molar-refractivity contribution in [3.63, 3.8) is 0 Å². The summed E-state index contributed by atoms with van der Waals surface area (Å²) in [7, 11) is 0. The van der Waals surface area contributed by atoms with Crippen LogP contribution in [0.5, 0.6) is 5.75 Å². The number of fused-ring (bicyclic) bond motifs is 4. The third-order valence-corrected chi connectivity index (χ3v) is 5.68. The van der Waals surface area contributed by atoms with Crippen LogP contribution in [0.2, 0.25) is 0 Å². The maximum atomic E-state index is 6.35. The molecule has 1 unspecified atom stereocenters. The highest BCUT2D eigenvalue weighted by molar-refractivity contribution is 5.61. The zero-order chi connectivity index (χ0) is 14.3. The molecule has 0 amide bonds. The Labute approximate surface area is 126 Å². The second-order valence-electron chi connectivity index (χ2n) is 6.68. The van der Waals surface area contributed by atoms with Gasteiger partial charge in [0.25, 0.3) is 0 Å². The molecule has 1 aromatic rings. The molecule has 0 spiro atoms. The van der Waals surface area contributed by atoms with E-state index >= 15 is 0 Å². The van der Waals surface area contributed by atoms with Crippen molar-refractivity contribution in [2.75, 3.05) is 44.2 Å². The molecule has 0 aliphatic carbocycles. The highest BCUT2D eigenvalue weighted by Crippen LogP contribution is 2.44. The number of benzene rings is 1. The van der Waals surface area contributed by atoms with Gasteiger partial charge in [0.05, 0.1) is 17.8 Å². The van der Waals surface area contributed by atoms with Crippen molar-refractivity contribution >= 4 is 5.69 Å². The Bertz CT molecular complexity index is 513. The number of para-hydroxylation sites is 2. The summed E-state index contributed by atoms with van der Waals surface area (Å²) in [5, 5.41) is 0. The predicted octanol–water partition coefficient (Wildman–Crippen LogP) is 1.70. The van der Waals surface area contributed by atoms with E-state index in [1.54, 1.807) is 0 Å². The summed E-state index contributed by atoms with van der Waals surface area (Å²) >= 11 is 0. The molecule has 4 heteroatoms. The fraction of sp³-hybridized carbons (Fsp3) is 0.647. The normalized spacial score (nSPS) is 35.0. The molecule has 1 aromatic carbocycles. The maximum Gasteiger partial charge on any atom is 0.142 e. The van der Waals surface area contributed by atoms with Crippen LogP contribution in [0, 0.1) is 5.92 Å². The van der Waals surface area contributed by atoms with Crippen LogP contribution >= 0.6 is 0 Å². The third kappa shape index (κ3) is 2.04. The van der Waals surface area contributed by atoms with Gasteiger partial charge in [0.2, 0.25) is 0 Å². The molecule has 4 nitrogen and oxygen atoms in total. The van der Waals surface area contributed by atoms with Gasteiger partial charge in [0.15, 0.2) is 0 Å². The average Bonchev–Trinajstić information content (AvgIpc) is 2.78. The lowest BCUT2D eigenvalue weighted by Crippen LogP contribution is -2.70. The number of ether oxygens (including phenoxy) is 1. The highest BCUT2D eigenvalue weighted by Gasteiger charge is 2.50. The van der Waals surface area contributed by atoms with Crippen LogP contribution in [0.25, 0.3) is 0 Å². The van der Waals surface area contributed by atoms with Gasteiger partial charge in [-0.1, -0.05) is 12.1 Å². The fourth-order valence-electron chi connectivity index (χ4n) is 4.58. The van der Waals surface area contributed by atoms with Crippen molar-refractivity contribution in [1.82, 2.24) is 4.90 Å². The molecule has 4 heterocycles. The molecule has 2 N–H and O–H groups in total. The summed E-state index contributed by atoms with van der Waals surface area (Å²) in [6.45, 7) is 6.21. The summed E-state index contributed by atoms with van der Waals surface area (Å²) in [6, 6.07) is 8.48. The summed E-state index contributed by atoms with van der Waals surface area (Å²) < 4.78 is 5.94. The Morgan fingerprint density at radius 3 is 2.71 bits per heavy atom. The molecule has 3 saturated heterocycles. The van der Waals surface area contributed by atoms with Crippen molar-refractivity contribution in [3.8, 4) is 5.75 Å². The van der Waals surface area contributed by atoms with E-state index in [2.05, 4.69) is 34.1 Å². The molecule has 3 fully saturated rings. The van der Waals surface area contributed by atoms with Crippen molar-refractivity contribution in [1.29, 1.82) is 0 Å². The molecule has 4 aliphatic rings.